The summed E-state index contributed by atoms with van der Waals surface area (Å²) in [6, 6.07) is 10.9. The molecular weight excluding hydrogens is 297 g/mol. The van der Waals surface area contributed by atoms with E-state index in [1.807, 2.05) is 24.3 Å². The molecule has 0 aliphatic rings. The van der Waals surface area contributed by atoms with Crippen molar-refractivity contribution in [2.45, 2.75) is 13.2 Å². The maximum Gasteiger partial charge on any atom is 0.166 e. The average molecular weight is 312 g/mol. The first-order chi connectivity index (χ1) is 9.63. The van der Waals surface area contributed by atoms with Crippen LogP contribution in [0, 0.1) is 0 Å². The third kappa shape index (κ3) is 3.57. The molecule has 0 fully saturated rings. The molecule has 20 heavy (non-hydrogen) atoms. The summed E-state index contributed by atoms with van der Waals surface area (Å²) in [5.74, 6) is 1.20. The van der Waals surface area contributed by atoms with Gasteiger partial charge in [-0.1, -0.05) is 35.3 Å². The van der Waals surface area contributed by atoms with E-state index < -0.39 is 0 Å². The third-order valence-electron chi connectivity index (χ3n) is 2.83. The van der Waals surface area contributed by atoms with E-state index in [1.54, 1.807) is 19.2 Å². The highest BCUT2D eigenvalue weighted by Gasteiger charge is 2.12. The Balaban J connectivity index is 2.21. The highest BCUT2D eigenvalue weighted by atomic mass is 35.5. The Morgan fingerprint density at radius 1 is 1.05 bits per heavy atom. The molecule has 0 saturated carbocycles. The van der Waals surface area contributed by atoms with Crippen LogP contribution in [0.4, 0.5) is 0 Å². The molecule has 0 heterocycles. The number of hydrogen-bond donors (Lipinski definition) is 1. The first-order valence-electron chi connectivity index (χ1n) is 6.07. The van der Waals surface area contributed by atoms with E-state index in [-0.39, 0.29) is 0 Å². The largest absolute Gasteiger partial charge is 0.493 e. The summed E-state index contributed by atoms with van der Waals surface area (Å²) in [6.45, 7) is 0.731. The molecule has 0 saturated heterocycles. The molecule has 2 rings (SSSR count). The van der Waals surface area contributed by atoms with Crippen LogP contribution in [0.15, 0.2) is 36.4 Å². The minimum Gasteiger partial charge on any atom is -0.493 e. The van der Waals surface area contributed by atoms with Gasteiger partial charge in [0, 0.05) is 28.2 Å². The fourth-order valence-corrected chi connectivity index (χ4v) is 2.18. The van der Waals surface area contributed by atoms with E-state index >= 15 is 0 Å². The van der Waals surface area contributed by atoms with Crippen molar-refractivity contribution in [3.8, 4) is 11.5 Å². The first-order valence-corrected chi connectivity index (χ1v) is 6.83. The molecule has 2 aromatic rings. The lowest BCUT2D eigenvalue weighted by molar-refractivity contribution is 0.281. The van der Waals surface area contributed by atoms with E-state index in [0.717, 1.165) is 11.1 Å². The molecule has 0 aliphatic carbocycles. The first kappa shape index (κ1) is 15.0. The molecule has 0 aliphatic heterocycles. The molecule has 0 radical (unpaired) electrons. The second-order valence-electron chi connectivity index (χ2n) is 4.22. The monoisotopic (exact) mass is 311 g/mol. The van der Waals surface area contributed by atoms with Gasteiger partial charge in [-0.25, -0.2) is 0 Å². The topological polar surface area (TPSA) is 44.5 Å². The van der Waals surface area contributed by atoms with Crippen molar-refractivity contribution in [3.63, 3.8) is 0 Å². The second-order valence-corrected chi connectivity index (χ2v) is 5.09. The molecule has 2 aromatic carbocycles. The van der Waals surface area contributed by atoms with E-state index in [4.69, 9.17) is 38.4 Å². The number of hydrogen-bond acceptors (Lipinski definition) is 3. The lowest BCUT2D eigenvalue weighted by Gasteiger charge is -2.15. The van der Waals surface area contributed by atoms with Gasteiger partial charge in [0.25, 0.3) is 0 Å². The predicted molar refractivity (Wildman–Crippen MR) is 81.7 cm³/mol. The van der Waals surface area contributed by atoms with Gasteiger partial charge in [0.1, 0.15) is 6.61 Å². The summed E-state index contributed by atoms with van der Waals surface area (Å²) in [7, 11) is 1.57. The van der Waals surface area contributed by atoms with Crippen LogP contribution >= 0.6 is 23.2 Å². The Morgan fingerprint density at radius 2 is 1.75 bits per heavy atom. The molecule has 0 atom stereocenters. The van der Waals surface area contributed by atoms with Gasteiger partial charge in [-0.3, -0.25) is 0 Å². The summed E-state index contributed by atoms with van der Waals surface area (Å²) < 4.78 is 11.1. The summed E-state index contributed by atoms with van der Waals surface area (Å²) in [4.78, 5) is 0. The molecular formula is C15H15Cl2NO2. The van der Waals surface area contributed by atoms with E-state index in [0.29, 0.717) is 34.7 Å². The molecule has 5 heteroatoms. The van der Waals surface area contributed by atoms with Gasteiger partial charge in [0.05, 0.1) is 7.11 Å². The Morgan fingerprint density at radius 3 is 2.35 bits per heavy atom. The van der Waals surface area contributed by atoms with Gasteiger partial charge in [-0.2, -0.15) is 0 Å². The molecule has 2 N–H and O–H groups in total. The molecule has 0 bridgehead atoms. The second kappa shape index (κ2) is 6.84. The standard InChI is InChI=1S/C15H15Cl2NO2/c1-19-14-7-13(17)6-11(8-18)15(14)20-9-10-2-4-12(16)5-3-10/h2-7H,8-9,18H2,1H3. The van der Waals surface area contributed by atoms with E-state index in [1.165, 1.54) is 0 Å². The molecule has 106 valence electrons. The van der Waals surface area contributed by atoms with Gasteiger partial charge in [-0.15, -0.1) is 0 Å². The summed E-state index contributed by atoms with van der Waals surface area (Å²) in [5.41, 5.74) is 7.54. The van der Waals surface area contributed by atoms with E-state index in [2.05, 4.69) is 0 Å². The normalized spacial score (nSPS) is 10.4. The molecule has 0 aromatic heterocycles. The number of halogens is 2. The summed E-state index contributed by atoms with van der Waals surface area (Å²) in [5, 5.41) is 1.27. The van der Waals surface area contributed by atoms with Crippen molar-refractivity contribution in [2.24, 2.45) is 5.73 Å². The number of ether oxygens (including phenoxy) is 2. The van der Waals surface area contributed by atoms with Crippen molar-refractivity contribution >= 4 is 23.2 Å². The van der Waals surface area contributed by atoms with Crippen LogP contribution in [0.3, 0.4) is 0 Å². The maximum absolute atomic E-state index is 6.01. The van der Waals surface area contributed by atoms with Crippen LogP contribution in [-0.4, -0.2) is 7.11 Å². The molecule has 3 nitrogen and oxygen atoms in total. The number of benzene rings is 2. The zero-order chi connectivity index (χ0) is 14.5. The zero-order valence-electron chi connectivity index (χ0n) is 11.0. The van der Waals surface area contributed by atoms with Gasteiger partial charge in [0.2, 0.25) is 0 Å². The lowest BCUT2D eigenvalue weighted by atomic mass is 10.2. The number of rotatable bonds is 5. The van der Waals surface area contributed by atoms with Crippen LogP contribution in [0.25, 0.3) is 0 Å². The Hall–Kier alpha value is -1.42. The number of nitrogens with two attached hydrogens (primary N) is 1. The summed E-state index contributed by atoms with van der Waals surface area (Å²) in [6.07, 6.45) is 0. The minimum atomic E-state index is 0.326. The third-order valence-corrected chi connectivity index (χ3v) is 3.30. The quantitative estimate of drug-likeness (QED) is 0.906. The highest BCUT2D eigenvalue weighted by Crippen LogP contribution is 2.35. The zero-order valence-corrected chi connectivity index (χ0v) is 12.5. The van der Waals surface area contributed by atoms with Crippen LogP contribution in [0.1, 0.15) is 11.1 Å². The summed E-state index contributed by atoms with van der Waals surface area (Å²) >= 11 is 11.9. The Kier molecular flexibility index (Phi) is 5.12. The van der Waals surface area contributed by atoms with Crippen molar-refractivity contribution in [1.29, 1.82) is 0 Å². The SMILES string of the molecule is COc1cc(Cl)cc(CN)c1OCc1ccc(Cl)cc1. The van der Waals surface area contributed by atoms with Gasteiger partial charge in [-0.05, 0) is 23.8 Å². The van der Waals surface area contributed by atoms with Crippen LogP contribution < -0.4 is 15.2 Å². The van der Waals surface area contributed by atoms with Crippen molar-refractivity contribution in [1.82, 2.24) is 0 Å². The van der Waals surface area contributed by atoms with Gasteiger partial charge >= 0.3 is 0 Å². The minimum absolute atomic E-state index is 0.326. The number of methoxy groups -OCH3 is 1. The van der Waals surface area contributed by atoms with Crippen molar-refractivity contribution in [3.05, 3.63) is 57.6 Å². The van der Waals surface area contributed by atoms with Crippen LogP contribution in [-0.2, 0) is 13.2 Å². The molecule has 0 amide bonds. The van der Waals surface area contributed by atoms with Gasteiger partial charge in [0.15, 0.2) is 11.5 Å². The van der Waals surface area contributed by atoms with Crippen molar-refractivity contribution in [2.75, 3.05) is 7.11 Å². The highest BCUT2D eigenvalue weighted by molar-refractivity contribution is 6.31. The maximum atomic E-state index is 6.01. The van der Waals surface area contributed by atoms with Crippen LogP contribution in [0.5, 0.6) is 11.5 Å². The Labute approximate surface area is 128 Å². The fourth-order valence-electron chi connectivity index (χ4n) is 1.83. The van der Waals surface area contributed by atoms with Gasteiger partial charge < -0.3 is 15.2 Å². The fraction of sp³-hybridized carbons (Fsp3) is 0.200. The smallest absolute Gasteiger partial charge is 0.166 e. The van der Waals surface area contributed by atoms with Crippen LogP contribution in [0.2, 0.25) is 10.0 Å². The predicted octanol–water partition coefficient (Wildman–Crippen LogP) is 4.04. The Bertz CT molecular complexity index is 560. The van der Waals surface area contributed by atoms with E-state index in [9.17, 15) is 0 Å². The molecule has 0 unspecified atom stereocenters. The lowest BCUT2D eigenvalue weighted by Crippen LogP contribution is -2.04. The van der Waals surface area contributed by atoms with Crippen molar-refractivity contribution < 1.29 is 9.47 Å². The average Bonchev–Trinajstić information content (AvgIpc) is 2.46. The molecule has 0 spiro atoms.